The number of benzene rings is 1. The topological polar surface area (TPSA) is 82.3 Å². The van der Waals surface area contributed by atoms with Crippen LogP contribution >= 0.6 is 0 Å². The van der Waals surface area contributed by atoms with Gasteiger partial charge in [-0.3, -0.25) is 0 Å². The summed E-state index contributed by atoms with van der Waals surface area (Å²) in [6.45, 7) is 4.06. The number of ether oxygens (including phenoxy) is 1. The molecule has 20 heavy (non-hydrogen) atoms. The first-order chi connectivity index (χ1) is 9.39. The first kappa shape index (κ1) is 14.5. The Morgan fingerprint density at radius 1 is 1.15 bits per heavy atom. The van der Waals surface area contributed by atoms with Crippen molar-refractivity contribution in [1.82, 2.24) is 4.98 Å². The zero-order valence-electron chi connectivity index (χ0n) is 11.3. The van der Waals surface area contributed by atoms with Gasteiger partial charge in [0.15, 0.2) is 0 Å². The van der Waals surface area contributed by atoms with E-state index in [9.17, 15) is 8.42 Å². The number of nitrogens with zero attached hydrogens (tertiary/aromatic N) is 1. The Balaban J connectivity index is 2.47. The lowest BCUT2D eigenvalue weighted by Crippen LogP contribution is -2.14. The van der Waals surface area contributed by atoms with Gasteiger partial charge >= 0.3 is 0 Å². The number of aromatic nitrogens is 1. The van der Waals surface area contributed by atoms with Crippen LogP contribution in [-0.4, -0.2) is 13.4 Å². The van der Waals surface area contributed by atoms with E-state index < -0.39 is 10.0 Å². The molecule has 0 aliphatic heterocycles. The Bertz CT molecular complexity index is 712. The van der Waals surface area contributed by atoms with E-state index in [1.165, 1.54) is 18.3 Å². The van der Waals surface area contributed by atoms with E-state index in [4.69, 9.17) is 9.88 Å². The molecule has 0 saturated heterocycles. The highest BCUT2D eigenvalue weighted by Crippen LogP contribution is 2.31. The number of pyridine rings is 1. The number of primary sulfonamides is 1. The Hall–Kier alpha value is -1.92. The van der Waals surface area contributed by atoms with Gasteiger partial charge in [0, 0.05) is 6.20 Å². The van der Waals surface area contributed by atoms with Crippen molar-refractivity contribution in [3.05, 3.63) is 48.2 Å². The maximum atomic E-state index is 11.5. The fraction of sp³-hybridized carbons (Fsp3) is 0.214. The van der Waals surface area contributed by atoms with E-state index in [1.807, 2.05) is 32.0 Å². The Kier molecular flexibility index (Phi) is 4.06. The molecule has 5 nitrogen and oxygen atoms in total. The van der Waals surface area contributed by atoms with Gasteiger partial charge in [0.2, 0.25) is 15.9 Å². The largest absolute Gasteiger partial charge is 0.437 e. The second-order valence-electron chi connectivity index (χ2n) is 4.65. The van der Waals surface area contributed by atoms with Crippen LogP contribution in [0.4, 0.5) is 0 Å². The molecule has 106 valence electrons. The van der Waals surface area contributed by atoms with Crippen molar-refractivity contribution in [3.8, 4) is 11.6 Å². The Morgan fingerprint density at radius 3 is 2.50 bits per heavy atom. The molecule has 0 bridgehead atoms. The third-order valence-corrected chi connectivity index (χ3v) is 3.71. The van der Waals surface area contributed by atoms with Crippen LogP contribution in [0.1, 0.15) is 25.3 Å². The third kappa shape index (κ3) is 3.15. The minimum atomic E-state index is -3.87. The van der Waals surface area contributed by atoms with E-state index in [0.717, 1.165) is 5.56 Å². The molecule has 6 heteroatoms. The van der Waals surface area contributed by atoms with Crippen molar-refractivity contribution in [1.29, 1.82) is 0 Å². The number of hydrogen-bond acceptors (Lipinski definition) is 4. The molecule has 0 fully saturated rings. The van der Waals surface area contributed by atoms with Gasteiger partial charge in [-0.05, 0) is 29.7 Å². The van der Waals surface area contributed by atoms with Gasteiger partial charge in [-0.25, -0.2) is 18.5 Å². The fourth-order valence-electron chi connectivity index (χ4n) is 1.82. The standard InChI is InChI=1S/C14H16N2O3S/c1-10(2)11-6-3-4-7-12(11)19-14-13(20(15,17)18)8-5-9-16-14/h3-10H,1-2H3,(H2,15,17,18). The summed E-state index contributed by atoms with van der Waals surface area (Å²) in [7, 11) is -3.87. The summed E-state index contributed by atoms with van der Waals surface area (Å²) in [5, 5.41) is 5.16. The Morgan fingerprint density at radius 2 is 1.85 bits per heavy atom. The molecule has 0 aliphatic rings. The summed E-state index contributed by atoms with van der Waals surface area (Å²) < 4.78 is 28.7. The van der Waals surface area contributed by atoms with Crippen LogP contribution < -0.4 is 9.88 Å². The number of sulfonamides is 1. The van der Waals surface area contributed by atoms with E-state index in [1.54, 1.807) is 6.07 Å². The minimum absolute atomic E-state index is 0.0110. The zero-order valence-corrected chi connectivity index (χ0v) is 12.1. The third-order valence-electron chi connectivity index (χ3n) is 2.79. The molecule has 2 N–H and O–H groups in total. The van der Waals surface area contributed by atoms with Crippen molar-refractivity contribution in [3.63, 3.8) is 0 Å². The highest BCUT2D eigenvalue weighted by Gasteiger charge is 2.18. The smallest absolute Gasteiger partial charge is 0.243 e. The van der Waals surface area contributed by atoms with Crippen LogP contribution in [0, 0.1) is 0 Å². The summed E-state index contributed by atoms with van der Waals surface area (Å²) in [6.07, 6.45) is 1.46. The maximum Gasteiger partial charge on any atom is 0.243 e. The van der Waals surface area contributed by atoms with Crippen molar-refractivity contribution in [2.75, 3.05) is 0 Å². The maximum absolute atomic E-state index is 11.5. The van der Waals surface area contributed by atoms with Crippen molar-refractivity contribution >= 4 is 10.0 Å². The van der Waals surface area contributed by atoms with Gasteiger partial charge < -0.3 is 4.74 Å². The lowest BCUT2D eigenvalue weighted by molar-refractivity contribution is 0.439. The van der Waals surface area contributed by atoms with Gasteiger partial charge in [0.05, 0.1) is 0 Å². The fourth-order valence-corrected chi connectivity index (χ4v) is 2.43. The molecule has 0 saturated carbocycles. The minimum Gasteiger partial charge on any atom is -0.437 e. The monoisotopic (exact) mass is 292 g/mol. The van der Waals surface area contributed by atoms with E-state index in [0.29, 0.717) is 5.75 Å². The first-order valence-electron chi connectivity index (χ1n) is 6.14. The lowest BCUT2D eigenvalue weighted by Gasteiger charge is -2.14. The van der Waals surface area contributed by atoms with E-state index in [2.05, 4.69) is 4.98 Å². The van der Waals surface area contributed by atoms with Crippen LogP contribution in [0.3, 0.4) is 0 Å². The molecular weight excluding hydrogens is 276 g/mol. The van der Waals surface area contributed by atoms with E-state index in [-0.39, 0.29) is 16.7 Å². The van der Waals surface area contributed by atoms with Gasteiger partial charge in [0.1, 0.15) is 10.6 Å². The highest BCUT2D eigenvalue weighted by atomic mass is 32.2. The van der Waals surface area contributed by atoms with Crippen molar-refractivity contribution in [2.45, 2.75) is 24.7 Å². The summed E-state index contributed by atoms with van der Waals surface area (Å²) in [4.78, 5) is 3.83. The average Bonchev–Trinajstić information content (AvgIpc) is 2.38. The summed E-state index contributed by atoms with van der Waals surface area (Å²) in [5.74, 6) is 0.807. The molecule has 1 heterocycles. The summed E-state index contributed by atoms with van der Waals surface area (Å²) >= 11 is 0. The SMILES string of the molecule is CC(C)c1ccccc1Oc1ncccc1S(N)(=O)=O. The summed E-state index contributed by atoms with van der Waals surface area (Å²) in [5.41, 5.74) is 0.971. The molecule has 0 radical (unpaired) electrons. The molecule has 1 aromatic carbocycles. The Labute approximate surface area is 118 Å². The van der Waals surface area contributed by atoms with Gasteiger partial charge in [-0.2, -0.15) is 0 Å². The van der Waals surface area contributed by atoms with Crippen molar-refractivity contribution in [2.24, 2.45) is 5.14 Å². The molecule has 0 unspecified atom stereocenters. The number of nitrogens with two attached hydrogens (primary N) is 1. The van der Waals surface area contributed by atoms with Gasteiger partial charge in [0.25, 0.3) is 0 Å². The number of hydrogen-bond donors (Lipinski definition) is 1. The predicted octanol–water partition coefficient (Wildman–Crippen LogP) is 2.64. The first-order valence-corrected chi connectivity index (χ1v) is 7.69. The quantitative estimate of drug-likeness (QED) is 0.939. The highest BCUT2D eigenvalue weighted by molar-refractivity contribution is 7.89. The second-order valence-corrected chi connectivity index (χ2v) is 6.18. The molecule has 2 aromatic rings. The molecule has 2 rings (SSSR count). The van der Waals surface area contributed by atoms with Crippen LogP contribution in [0.25, 0.3) is 0 Å². The summed E-state index contributed by atoms with van der Waals surface area (Å²) in [6, 6.07) is 10.3. The second kappa shape index (κ2) is 5.60. The lowest BCUT2D eigenvalue weighted by atomic mass is 10.0. The zero-order chi connectivity index (χ0) is 14.8. The molecule has 0 aliphatic carbocycles. The predicted molar refractivity (Wildman–Crippen MR) is 76.2 cm³/mol. The molecule has 1 aromatic heterocycles. The van der Waals surface area contributed by atoms with Gasteiger partial charge in [-0.1, -0.05) is 32.0 Å². The van der Waals surface area contributed by atoms with Crippen molar-refractivity contribution < 1.29 is 13.2 Å². The van der Waals surface area contributed by atoms with Crippen LogP contribution in [-0.2, 0) is 10.0 Å². The van der Waals surface area contributed by atoms with Gasteiger partial charge in [-0.15, -0.1) is 0 Å². The van der Waals surface area contributed by atoms with Crippen LogP contribution in [0.2, 0.25) is 0 Å². The number of rotatable bonds is 4. The normalized spacial score (nSPS) is 11.6. The molecule has 0 spiro atoms. The molecule has 0 amide bonds. The van der Waals surface area contributed by atoms with Crippen LogP contribution in [0.5, 0.6) is 11.6 Å². The number of para-hydroxylation sites is 1. The van der Waals surface area contributed by atoms with Crippen LogP contribution in [0.15, 0.2) is 47.5 Å². The van der Waals surface area contributed by atoms with E-state index >= 15 is 0 Å². The average molecular weight is 292 g/mol. The molecular formula is C14H16N2O3S. The molecule has 0 atom stereocenters.